The van der Waals surface area contributed by atoms with Crippen LogP contribution in [0.3, 0.4) is 0 Å². The molecule has 0 aromatic heterocycles. The van der Waals surface area contributed by atoms with Gasteiger partial charge in [0, 0.05) is 0 Å². The Morgan fingerprint density at radius 1 is 1.33 bits per heavy atom. The van der Waals surface area contributed by atoms with Crippen molar-refractivity contribution in [3.8, 4) is 0 Å². The van der Waals surface area contributed by atoms with E-state index in [0.29, 0.717) is 10.0 Å². The van der Waals surface area contributed by atoms with E-state index in [2.05, 4.69) is 15.9 Å². The molecule has 0 spiro atoms. The molecule has 1 aromatic rings. The molecule has 0 aliphatic carbocycles. The van der Waals surface area contributed by atoms with Crippen molar-refractivity contribution in [1.29, 1.82) is 0 Å². The van der Waals surface area contributed by atoms with Crippen molar-refractivity contribution in [3.63, 3.8) is 0 Å². The molecular formula is C9H6BrNO4. The monoisotopic (exact) mass is 271 g/mol. The van der Waals surface area contributed by atoms with Gasteiger partial charge in [-0.15, -0.1) is 0 Å². The first-order chi connectivity index (χ1) is 7.20. The highest BCUT2D eigenvalue weighted by atomic mass is 79.9. The Morgan fingerprint density at radius 2 is 2.00 bits per heavy atom. The zero-order valence-corrected chi connectivity index (χ0v) is 9.01. The molecule has 1 heterocycles. The molecule has 0 fully saturated rings. The molecule has 1 aliphatic rings. The van der Waals surface area contributed by atoms with E-state index in [1.54, 1.807) is 18.2 Å². The van der Waals surface area contributed by atoms with Crippen molar-refractivity contribution in [2.75, 3.05) is 0 Å². The minimum atomic E-state index is -0.733. The molecule has 0 saturated heterocycles. The highest BCUT2D eigenvalue weighted by Gasteiger charge is 2.27. The quantitative estimate of drug-likeness (QED) is 0.613. The third kappa shape index (κ3) is 1.80. The second kappa shape index (κ2) is 3.90. The van der Waals surface area contributed by atoms with E-state index in [1.807, 2.05) is 0 Å². The summed E-state index contributed by atoms with van der Waals surface area (Å²) in [5.74, 6) is 0. The number of nitro benzene ring substituents is 1. The number of rotatable bonds is 2. The average Bonchev–Trinajstić information content (AvgIpc) is 2.69. The lowest BCUT2D eigenvalue weighted by atomic mass is 10.2. The van der Waals surface area contributed by atoms with Gasteiger partial charge in [-0.2, -0.15) is 0 Å². The van der Waals surface area contributed by atoms with Gasteiger partial charge in [0.15, 0.2) is 0 Å². The normalized spacial score (nSPS) is 14.7. The van der Waals surface area contributed by atoms with Crippen molar-refractivity contribution >= 4 is 21.6 Å². The Labute approximate surface area is 93.6 Å². The fraction of sp³-hybridized carbons (Fsp3) is 0.111. The fourth-order valence-electron chi connectivity index (χ4n) is 1.30. The Kier molecular flexibility index (Phi) is 2.59. The highest BCUT2D eigenvalue weighted by molar-refractivity contribution is 9.10. The van der Waals surface area contributed by atoms with Gasteiger partial charge in [0.1, 0.15) is 18.1 Å². The summed E-state index contributed by atoms with van der Waals surface area (Å²) in [5, 5.41) is 10.8. The number of nitrogens with zero attached hydrogens (tertiary/aromatic N) is 1. The standard InChI is InChI=1S/C9H6BrNO4/c10-7-3-1-2-6(8(7)11(12)13)9-14-4-5-15-9/h1-5,9H. The summed E-state index contributed by atoms with van der Waals surface area (Å²) in [6.45, 7) is 0. The van der Waals surface area contributed by atoms with Crippen LogP contribution in [0.1, 0.15) is 11.9 Å². The van der Waals surface area contributed by atoms with Crippen LogP contribution in [0.4, 0.5) is 5.69 Å². The maximum atomic E-state index is 10.8. The molecule has 0 unspecified atom stereocenters. The molecule has 0 bridgehead atoms. The number of hydrogen-bond donors (Lipinski definition) is 0. The van der Waals surface area contributed by atoms with E-state index in [-0.39, 0.29) is 5.69 Å². The lowest BCUT2D eigenvalue weighted by molar-refractivity contribution is -0.387. The number of hydrogen-bond acceptors (Lipinski definition) is 4. The summed E-state index contributed by atoms with van der Waals surface area (Å²) in [6.07, 6.45) is 1.98. The predicted molar refractivity (Wildman–Crippen MR) is 54.8 cm³/mol. The van der Waals surface area contributed by atoms with Crippen LogP contribution >= 0.6 is 15.9 Å². The highest BCUT2D eigenvalue weighted by Crippen LogP contribution is 2.36. The summed E-state index contributed by atoms with van der Waals surface area (Å²) in [5.41, 5.74) is 0.352. The lowest BCUT2D eigenvalue weighted by Gasteiger charge is -2.10. The van der Waals surface area contributed by atoms with Crippen LogP contribution in [0.25, 0.3) is 0 Å². The van der Waals surface area contributed by atoms with Gasteiger partial charge in [0.25, 0.3) is 12.0 Å². The number of benzene rings is 1. The van der Waals surface area contributed by atoms with E-state index in [1.165, 1.54) is 12.5 Å². The molecular weight excluding hydrogens is 266 g/mol. The smallest absolute Gasteiger partial charge is 0.294 e. The van der Waals surface area contributed by atoms with Crippen LogP contribution in [-0.2, 0) is 9.47 Å². The van der Waals surface area contributed by atoms with Crippen molar-refractivity contribution in [1.82, 2.24) is 0 Å². The van der Waals surface area contributed by atoms with Crippen LogP contribution in [0, 0.1) is 10.1 Å². The predicted octanol–water partition coefficient (Wildman–Crippen LogP) is 2.87. The van der Waals surface area contributed by atoms with Gasteiger partial charge in [0.2, 0.25) is 0 Å². The Morgan fingerprint density at radius 3 is 2.60 bits per heavy atom. The minimum Gasteiger partial charge on any atom is -0.455 e. The molecule has 0 radical (unpaired) electrons. The van der Waals surface area contributed by atoms with Crippen LogP contribution in [-0.4, -0.2) is 4.92 Å². The van der Waals surface area contributed by atoms with Gasteiger partial charge in [0.05, 0.1) is 9.40 Å². The van der Waals surface area contributed by atoms with Gasteiger partial charge < -0.3 is 9.47 Å². The largest absolute Gasteiger partial charge is 0.455 e. The van der Waals surface area contributed by atoms with Crippen molar-refractivity contribution in [2.24, 2.45) is 0 Å². The molecule has 0 amide bonds. The SMILES string of the molecule is O=[N+]([O-])c1c(Br)cccc1C1OC=CO1. The van der Waals surface area contributed by atoms with E-state index >= 15 is 0 Å². The number of nitro groups is 1. The van der Waals surface area contributed by atoms with Crippen LogP contribution in [0.2, 0.25) is 0 Å². The molecule has 0 saturated carbocycles. The van der Waals surface area contributed by atoms with E-state index in [4.69, 9.17) is 9.47 Å². The summed E-state index contributed by atoms with van der Waals surface area (Å²) in [6, 6.07) is 4.89. The number of ether oxygens (including phenoxy) is 2. The number of halogens is 1. The van der Waals surface area contributed by atoms with Crippen LogP contribution < -0.4 is 0 Å². The van der Waals surface area contributed by atoms with E-state index in [9.17, 15) is 10.1 Å². The van der Waals surface area contributed by atoms with Gasteiger partial charge in [-0.3, -0.25) is 10.1 Å². The number of para-hydroxylation sites is 1. The second-order valence-electron chi connectivity index (χ2n) is 2.81. The van der Waals surface area contributed by atoms with Crippen LogP contribution in [0.5, 0.6) is 0 Å². The third-order valence-electron chi connectivity index (χ3n) is 1.91. The molecule has 15 heavy (non-hydrogen) atoms. The molecule has 1 aromatic carbocycles. The van der Waals surface area contributed by atoms with E-state index < -0.39 is 11.2 Å². The molecule has 1 aliphatic heterocycles. The van der Waals surface area contributed by atoms with Gasteiger partial charge in [-0.05, 0) is 28.1 Å². The second-order valence-corrected chi connectivity index (χ2v) is 3.67. The summed E-state index contributed by atoms with van der Waals surface area (Å²) < 4.78 is 10.5. The first-order valence-electron chi connectivity index (χ1n) is 4.09. The van der Waals surface area contributed by atoms with Crippen molar-refractivity contribution < 1.29 is 14.4 Å². The lowest BCUT2D eigenvalue weighted by Crippen LogP contribution is -2.03. The topological polar surface area (TPSA) is 61.6 Å². The van der Waals surface area contributed by atoms with Crippen molar-refractivity contribution in [2.45, 2.75) is 6.29 Å². The summed E-state index contributed by atoms with van der Waals surface area (Å²) >= 11 is 3.12. The van der Waals surface area contributed by atoms with Crippen LogP contribution in [0.15, 0.2) is 35.2 Å². The Bertz CT molecular complexity index is 424. The maximum Gasteiger partial charge on any atom is 0.294 e. The van der Waals surface area contributed by atoms with Gasteiger partial charge in [-0.25, -0.2) is 0 Å². The van der Waals surface area contributed by atoms with Gasteiger partial charge >= 0.3 is 0 Å². The average molecular weight is 272 g/mol. The summed E-state index contributed by atoms with van der Waals surface area (Å²) in [7, 11) is 0. The first-order valence-corrected chi connectivity index (χ1v) is 4.88. The molecule has 78 valence electrons. The molecule has 6 heteroatoms. The molecule has 2 rings (SSSR count). The minimum absolute atomic E-state index is 0.0359. The first kappa shape index (κ1) is 9.97. The zero-order chi connectivity index (χ0) is 10.8. The summed E-state index contributed by atoms with van der Waals surface area (Å²) in [4.78, 5) is 10.4. The Balaban J connectivity index is 2.45. The van der Waals surface area contributed by atoms with Crippen molar-refractivity contribution in [3.05, 3.63) is 50.9 Å². The Hall–Kier alpha value is -1.56. The zero-order valence-electron chi connectivity index (χ0n) is 7.42. The molecule has 0 atom stereocenters. The molecule has 5 nitrogen and oxygen atoms in total. The van der Waals surface area contributed by atoms with Gasteiger partial charge in [-0.1, -0.05) is 6.07 Å². The molecule has 0 N–H and O–H groups in total. The maximum absolute atomic E-state index is 10.8. The fourth-order valence-corrected chi connectivity index (χ4v) is 1.83. The third-order valence-corrected chi connectivity index (χ3v) is 2.55. The van der Waals surface area contributed by atoms with E-state index in [0.717, 1.165) is 0 Å².